The number of nitrogens with zero attached hydrogens (tertiary/aromatic N) is 1. The lowest BCUT2D eigenvalue weighted by atomic mass is 10.2. The van der Waals surface area contributed by atoms with Crippen molar-refractivity contribution < 1.29 is 9.13 Å². The summed E-state index contributed by atoms with van der Waals surface area (Å²) in [6, 6.07) is 9.82. The van der Waals surface area contributed by atoms with Crippen molar-refractivity contribution in [2.45, 2.75) is 13.2 Å². The lowest BCUT2D eigenvalue weighted by molar-refractivity contribution is 0.293. The second kappa shape index (κ2) is 6.93. The highest BCUT2D eigenvalue weighted by Crippen LogP contribution is 2.10. The molecule has 0 aliphatic rings. The standard InChI is InChI=1S/C13H13FN2O.ClH/c14-12-4-1-10(2-5-12)9-17-13-6-3-11(7-15)8-16-13;/h1-6,8H,7,9,15H2;1H. The Bertz CT molecular complexity index is 473. The summed E-state index contributed by atoms with van der Waals surface area (Å²) in [5.41, 5.74) is 7.32. The normalized spacial score (nSPS) is 9.67. The van der Waals surface area contributed by atoms with Crippen LogP contribution in [0.25, 0.3) is 0 Å². The maximum absolute atomic E-state index is 12.7. The van der Waals surface area contributed by atoms with Gasteiger partial charge in [-0.25, -0.2) is 9.37 Å². The van der Waals surface area contributed by atoms with Crippen LogP contribution in [0.4, 0.5) is 4.39 Å². The van der Waals surface area contributed by atoms with Gasteiger partial charge in [-0.1, -0.05) is 18.2 Å². The third-order valence-corrected chi connectivity index (χ3v) is 2.33. The Morgan fingerprint density at radius 2 is 1.72 bits per heavy atom. The first-order valence-electron chi connectivity index (χ1n) is 5.30. The van der Waals surface area contributed by atoms with Gasteiger partial charge in [-0.15, -0.1) is 12.4 Å². The Labute approximate surface area is 111 Å². The summed E-state index contributed by atoms with van der Waals surface area (Å²) in [6.45, 7) is 0.834. The molecule has 0 saturated carbocycles. The summed E-state index contributed by atoms with van der Waals surface area (Å²) in [7, 11) is 0. The Morgan fingerprint density at radius 1 is 1.06 bits per heavy atom. The second-order valence-electron chi connectivity index (χ2n) is 3.62. The quantitative estimate of drug-likeness (QED) is 0.927. The zero-order valence-electron chi connectivity index (χ0n) is 9.67. The topological polar surface area (TPSA) is 48.1 Å². The highest BCUT2D eigenvalue weighted by atomic mass is 35.5. The molecule has 0 fully saturated rings. The van der Waals surface area contributed by atoms with E-state index in [2.05, 4.69) is 4.98 Å². The maximum atomic E-state index is 12.7. The predicted octanol–water partition coefficient (Wildman–Crippen LogP) is 2.68. The first-order valence-corrected chi connectivity index (χ1v) is 5.30. The lowest BCUT2D eigenvalue weighted by Gasteiger charge is -2.05. The summed E-state index contributed by atoms with van der Waals surface area (Å²) >= 11 is 0. The van der Waals surface area contributed by atoms with E-state index in [9.17, 15) is 4.39 Å². The third-order valence-electron chi connectivity index (χ3n) is 2.33. The van der Waals surface area contributed by atoms with Crippen LogP contribution in [-0.4, -0.2) is 4.98 Å². The molecule has 0 saturated heterocycles. The molecular weight excluding hydrogens is 255 g/mol. The number of pyridine rings is 1. The highest BCUT2D eigenvalue weighted by molar-refractivity contribution is 5.85. The molecule has 0 radical (unpaired) electrons. The first kappa shape index (κ1) is 14.4. The van der Waals surface area contributed by atoms with Gasteiger partial charge in [0.2, 0.25) is 5.88 Å². The Hall–Kier alpha value is -1.65. The molecule has 0 aliphatic heterocycles. The summed E-state index contributed by atoms with van der Waals surface area (Å²) < 4.78 is 18.1. The smallest absolute Gasteiger partial charge is 0.213 e. The first-order chi connectivity index (χ1) is 8.28. The molecule has 0 amide bonds. The van der Waals surface area contributed by atoms with E-state index in [1.165, 1.54) is 12.1 Å². The predicted molar refractivity (Wildman–Crippen MR) is 70.1 cm³/mol. The van der Waals surface area contributed by atoms with Crippen LogP contribution in [-0.2, 0) is 13.2 Å². The van der Waals surface area contributed by atoms with E-state index in [0.717, 1.165) is 11.1 Å². The average molecular weight is 269 g/mol. The zero-order valence-corrected chi connectivity index (χ0v) is 10.5. The fourth-order valence-electron chi connectivity index (χ4n) is 1.35. The molecule has 2 rings (SSSR count). The summed E-state index contributed by atoms with van der Waals surface area (Å²) in [5, 5.41) is 0. The number of aromatic nitrogens is 1. The molecule has 5 heteroatoms. The molecule has 96 valence electrons. The largest absolute Gasteiger partial charge is 0.473 e. The van der Waals surface area contributed by atoms with Gasteiger partial charge in [-0.05, 0) is 23.3 Å². The van der Waals surface area contributed by atoms with Crippen molar-refractivity contribution in [3.05, 3.63) is 59.5 Å². The van der Waals surface area contributed by atoms with Gasteiger partial charge in [0, 0.05) is 18.8 Å². The van der Waals surface area contributed by atoms with Crippen LogP contribution in [0, 0.1) is 5.82 Å². The van der Waals surface area contributed by atoms with E-state index in [1.54, 1.807) is 24.4 Å². The van der Waals surface area contributed by atoms with E-state index in [1.807, 2.05) is 6.07 Å². The average Bonchev–Trinajstić information content (AvgIpc) is 2.39. The van der Waals surface area contributed by atoms with Crippen LogP contribution < -0.4 is 10.5 Å². The Kier molecular flexibility index (Phi) is 5.55. The molecule has 0 bridgehead atoms. The van der Waals surface area contributed by atoms with Crippen molar-refractivity contribution in [3.63, 3.8) is 0 Å². The van der Waals surface area contributed by atoms with Gasteiger partial charge in [0.15, 0.2) is 0 Å². The van der Waals surface area contributed by atoms with Crippen LogP contribution >= 0.6 is 12.4 Å². The number of hydrogen-bond donors (Lipinski definition) is 1. The number of benzene rings is 1. The van der Waals surface area contributed by atoms with Gasteiger partial charge in [0.25, 0.3) is 0 Å². The van der Waals surface area contributed by atoms with Crippen molar-refractivity contribution in [3.8, 4) is 5.88 Å². The molecule has 0 aliphatic carbocycles. The second-order valence-corrected chi connectivity index (χ2v) is 3.62. The molecule has 2 N–H and O–H groups in total. The van der Waals surface area contributed by atoms with E-state index in [4.69, 9.17) is 10.5 Å². The van der Waals surface area contributed by atoms with Crippen LogP contribution in [0.3, 0.4) is 0 Å². The molecule has 3 nitrogen and oxygen atoms in total. The maximum Gasteiger partial charge on any atom is 0.213 e. The number of ether oxygens (including phenoxy) is 1. The zero-order chi connectivity index (χ0) is 12.1. The third kappa shape index (κ3) is 3.98. The van der Waals surface area contributed by atoms with Crippen molar-refractivity contribution >= 4 is 12.4 Å². The number of halogens is 2. The molecule has 1 aromatic carbocycles. The molecule has 1 aromatic heterocycles. The molecule has 18 heavy (non-hydrogen) atoms. The monoisotopic (exact) mass is 268 g/mol. The fraction of sp³-hybridized carbons (Fsp3) is 0.154. The van der Waals surface area contributed by atoms with Gasteiger partial charge in [-0.2, -0.15) is 0 Å². The van der Waals surface area contributed by atoms with Crippen molar-refractivity contribution in [1.82, 2.24) is 4.98 Å². The van der Waals surface area contributed by atoms with Gasteiger partial charge in [-0.3, -0.25) is 0 Å². The van der Waals surface area contributed by atoms with Gasteiger partial charge < -0.3 is 10.5 Å². The molecule has 0 spiro atoms. The van der Waals surface area contributed by atoms with Crippen LogP contribution in [0.2, 0.25) is 0 Å². The van der Waals surface area contributed by atoms with Crippen LogP contribution in [0.5, 0.6) is 5.88 Å². The lowest BCUT2D eigenvalue weighted by Crippen LogP contribution is -2.00. The number of rotatable bonds is 4. The van der Waals surface area contributed by atoms with Crippen LogP contribution in [0.15, 0.2) is 42.6 Å². The molecule has 0 unspecified atom stereocenters. The van der Waals surface area contributed by atoms with Gasteiger partial charge in [0.05, 0.1) is 0 Å². The Morgan fingerprint density at radius 3 is 2.28 bits per heavy atom. The number of nitrogens with two attached hydrogens (primary N) is 1. The Balaban J connectivity index is 0.00000162. The molecule has 0 atom stereocenters. The molecular formula is C13H14ClFN2O. The molecule has 2 aromatic rings. The molecule has 1 heterocycles. The van der Waals surface area contributed by atoms with Gasteiger partial charge in [0.1, 0.15) is 12.4 Å². The van der Waals surface area contributed by atoms with Crippen molar-refractivity contribution in [2.75, 3.05) is 0 Å². The van der Waals surface area contributed by atoms with E-state index in [0.29, 0.717) is 19.0 Å². The minimum Gasteiger partial charge on any atom is -0.473 e. The van der Waals surface area contributed by atoms with E-state index in [-0.39, 0.29) is 18.2 Å². The minimum absolute atomic E-state index is 0. The minimum atomic E-state index is -0.251. The van der Waals surface area contributed by atoms with Crippen molar-refractivity contribution in [2.24, 2.45) is 5.73 Å². The van der Waals surface area contributed by atoms with Crippen LogP contribution in [0.1, 0.15) is 11.1 Å². The summed E-state index contributed by atoms with van der Waals surface area (Å²) in [4.78, 5) is 4.11. The SMILES string of the molecule is Cl.NCc1ccc(OCc2ccc(F)cc2)nc1. The van der Waals surface area contributed by atoms with E-state index >= 15 is 0 Å². The van der Waals surface area contributed by atoms with E-state index < -0.39 is 0 Å². The fourth-order valence-corrected chi connectivity index (χ4v) is 1.35. The van der Waals surface area contributed by atoms with Crippen molar-refractivity contribution in [1.29, 1.82) is 0 Å². The summed E-state index contributed by atoms with van der Waals surface area (Å²) in [6.07, 6.45) is 1.68. The highest BCUT2D eigenvalue weighted by Gasteiger charge is 1.98. The summed E-state index contributed by atoms with van der Waals surface area (Å²) in [5.74, 6) is 0.283. The number of hydrogen-bond acceptors (Lipinski definition) is 3. The van der Waals surface area contributed by atoms with Gasteiger partial charge >= 0.3 is 0 Å².